The first-order valence-electron chi connectivity index (χ1n) is 1.85. The molecule has 1 aliphatic rings. The van der Waals surface area contributed by atoms with Crippen LogP contribution < -0.4 is 5.32 Å². The van der Waals surface area contributed by atoms with Gasteiger partial charge in [0.05, 0.1) is 13.3 Å². The number of hydrogen-bond donors (Lipinski definition) is 1. The van der Waals surface area contributed by atoms with Crippen molar-refractivity contribution in [3.05, 3.63) is 18.9 Å². The molecule has 38 valence electrons. The van der Waals surface area contributed by atoms with Crippen molar-refractivity contribution in [3.8, 4) is 0 Å². The topological polar surface area (TPSA) is 30.5 Å². The van der Waals surface area contributed by atoms with Gasteiger partial charge in [-0.2, -0.15) is 0 Å². The second-order valence-electron chi connectivity index (χ2n) is 1.02. The molecule has 3 heteroatoms. The van der Waals surface area contributed by atoms with Crippen molar-refractivity contribution in [2.75, 3.05) is 7.11 Å². The van der Waals surface area contributed by atoms with Gasteiger partial charge in [-0.3, -0.25) is 0 Å². The molecule has 1 aliphatic heterocycles. The fraction of sp³-hybridized carbons (Fsp3) is 0.250. The number of nitrogens with one attached hydrogen (secondary N) is 1. The normalized spacial score (nSPS) is 17.0. The molecule has 0 saturated heterocycles. The Morgan fingerprint density at radius 1 is 2.00 bits per heavy atom. The standard InChI is InChI=1S/C4H5NO2/c1-6-4-2-5-3-7-4/h2,5H,1H3. The van der Waals surface area contributed by atoms with Gasteiger partial charge < -0.3 is 14.8 Å². The van der Waals surface area contributed by atoms with E-state index in [4.69, 9.17) is 0 Å². The molecule has 0 spiro atoms. The predicted molar refractivity (Wildman–Crippen MR) is 22.6 cm³/mol. The highest BCUT2D eigenvalue weighted by molar-refractivity contribution is 4.89. The highest BCUT2D eigenvalue weighted by atomic mass is 16.7. The Labute approximate surface area is 41.9 Å². The third-order valence-electron chi connectivity index (χ3n) is 0.602. The summed E-state index contributed by atoms with van der Waals surface area (Å²) in [7, 11) is 1.53. The van der Waals surface area contributed by atoms with Crippen LogP contribution in [0.4, 0.5) is 0 Å². The lowest BCUT2D eigenvalue weighted by Gasteiger charge is -1.93. The molecule has 1 rings (SSSR count). The van der Waals surface area contributed by atoms with Crippen molar-refractivity contribution < 1.29 is 9.47 Å². The van der Waals surface area contributed by atoms with E-state index >= 15 is 0 Å². The van der Waals surface area contributed by atoms with E-state index < -0.39 is 0 Å². The summed E-state index contributed by atoms with van der Waals surface area (Å²) >= 11 is 0. The molecule has 0 atom stereocenters. The predicted octanol–water partition coefficient (Wildman–Crippen LogP) is 0.0478. The van der Waals surface area contributed by atoms with E-state index in [-0.39, 0.29) is 0 Å². The van der Waals surface area contributed by atoms with Crippen LogP contribution in [-0.4, -0.2) is 7.11 Å². The monoisotopic (exact) mass is 99.0 g/mol. The van der Waals surface area contributed by atoms with Gasteiger partial charge in [-0.15, -0.1) is 0 Å². The molecular weight excluding hydrogens is 94.0 g/mol. The van der Waals surface area contributed by atoms with Gasteiger partial charge in [0.15, 0.2) is 0 Å². The van der Waals surface area contributed by atoms with Crippen LogP contribution in [0.25, 0.3) is 0 Å². The summed E-state index contributed by atoms with van der Waals surface area (Å²) in [6.07, 6.45) is 1.57. The molecule has 1 N–H and O–H groups in total. The first-order chi connectivity index (χ1) is 3.43. The Hall–Kier alpha value is -0.860. The van der Waals surface area contributed by atoms with Gasteiger partial charge in [-0.25, -0.2) is 0 Å². The molecule has 0 saturated carbocycles. The highest BCUT2D eigenvalue weighted by Crippen LogP contribution is 2.02. The third kappa shape index (κ3) is 0.765. The zero-order valence-electron chi connectivity index (χ0n) is 3.89. The Morgan fingerprint density at radius 2 is 2.86 bits per heavy atom. The molecule has 3 nitrogen and oxygen atoms in total. The lowest BCUT2D eigenvalue weighted by atomic mass is 10.9. The molecule has 0 aliphatic carbocycles. The minimum atomic E-state index is 0.444. The van der Waals surface area contributed by atoms with E-state index in [2.05, 4.69) is 21.5 Å². The maximum Gasteiger partial charge on any atom is 0.314 e. The van der Waals surface area contributed by atoms with Crippen molar-refractivity contribution in [2.24, 2.45) is 0 Å². The van der Waals surface area contributed by atoms with Crippen LogP contribution in [0.3, 0.4) is 0 Å². The average molecular weight is 99.1 g/mol. The molecule has 0 unspecified atom stereocenters. The van der Waals surface area contributed by atoms with Crippen molar-refractivity contribution in [1.29, 1.82) is 0 Å². The smallest absolute Gasteiger partial charge is 0.314 e. The van der Waals surface area contributed by atoms with Crippen LogP contribution in [0.2, 0.25) is 0 Å². The average Bonchev–Trinajstić information content (AvgIpc) is 2.14. The molecule has 0 aromatic carbocycles. The van der Waals surface area contributed by atoms with Gasteiger partial charge in [-0.1, -0.05) is 0 Å². The van der Waals surface area contributed by atoms with E-state index in [1.807, 2.05) is 0 Å². The third-order valence-corrected chi connectivity index (χ3v) is 0.602. The second-order valence-corrected chi connectivity index (χ2v) is 1.02. The molecule has 1 heterocycles. The Bertz CT molecular complexity index is 89.7. The van der Waals surface area contributed by atoms with Crippen LogP contribution in [0.5, 0.6) is 0 Å². The molecule has 0 aromatic rings. The SMILES string of the molecule is COC1=CN[C]O1. The van der Waals surface area contributed by atoms with Gasteiger partial charge in [0, 0.05) is 0 Å². The summed E-state index contributed by atoms with van der Waals surface area (Å²) in [5, 5.41) is 2.56. The van der Waals surface area contributed by atoms with Gasteiger partial charge in [0.1, 0.15) is 0 Å². The maximum atomic E-state index is 4.62. The second kappa shape index (κ2) is 1.73. The van der Waals surface area contributed by atoms with Crippen molar-refractivity contribution in [3.63, 3.8) is 0 Å². The van der Waals surface area contributed by atoms with E-state index in [1.165, 1.54) is 7.11 Å². The summed E-state index contributed by atoms with van der Waals surface area (Å²) in [6.45, 7) is 2.36. The molecule has 2 radical (unpaired) electrons. The summed E-state index contributed by atoms with van der Waals surface area (Å²) in [6, 6.07) is 0. The molecule has 7 heavy (non-hydrogen) atoms. The number of hydrogen-bond acceptors (Lipinski definition) is 3. The summed E-state index contributed by atoms with van der Waals surface area (Å²) < 4.78 is 9.20. The maximum absolute atomic E-state index is 4.62. The van der Waals surface area contributed by atoms with E-state index in [1.54, 1.807) is 6.20 Å². The van der Waals surface area contributed by atoms with Gasteiger partial charge in [0.25, 0.3) is 5.95 Å². The molecule has 0 bridgehead atoms. The molecule has 0 aromatic heterocycles. The first kappa shape index (κ1) is 4.30. The Kier molecular flexibility index (Phi) is 1.06. The van der Waals surface area contributed by atoms with Gasteiger partial charge >= 0.3 is 6.73 Å². The van der Waals surface area contributed by atoms with E-state index in [0.717, 1.165) is 0 Å². The molecule has 0 amide bonds. The van der Waals surface area contributed by atoms with Gasteiger partial charge in [0.2, 0.25) is 0 Å². The Balaban J connectivity index is 2.36. The fourth-order valence-corrected chi connectivity index (χ4v) is 0.298. The van der Waals surface area contributed by atoms with Crippen molar-refractivity contribution >= 4 is 0 Å². The quantitative estimate of drug-likeness (QED) is 0.503. The minimum Gasteiger partial charge on any atom is -0.468 e. The molecule has 0 fully saturated rings. The van der Waals surface area contributed by atoms with E-state index in [9.17, 15) is 0 Å². The van der Waals surface area contributed by atoms with Crippen molar-refractivity contribution in [1.82, 2.24) is 5.32 Å². The van der Waals surface area contributed by atoms with Gasteiger partial charge in [-0.05, 0) is 0 Å². The highest BCUT2D eigenvalue weighted by Gasteiger charge is 2.03. The number of rotatable bonds is 1. The van der Waals surface area contributed by atoms with E-state index in [0.29, 0.717) is 5.95 Å². The van der Waals surface area contributed by atoms with Crippen LogP contribution >= 0.6 is 0 Å². The number of methoxy groups -OCH3 is 1. The number of ether oxygens (including phenoxy) is 2. The molecular formula is C4H5NO2. The van der Waals surface area contributed by atoms with Crippen LogP contribution in [0, 0.1) is 6.73 Å². The van der Waals surface area contributed by atoms with Crippen LogP contribution in [0.1, 0.15) is 0 Å². The van der Waals surface area contributed by atoms with Crippen molar-refractivity contribution in [2.45, 2.75) is 0 Å². The lowest BCUT2D eigenvalue weighted by Crippen LogP contribution is -1.90. The largest absolute Gasteiger partial charge is 0.468 e. The zero-order valence-corrected chi connectivity index (χ0v) is 3.89. The lowest BCUT2D eigenvalue weighted by molar-refractivity contribution is 0.110. The zero-order chi connectivity index (χ0) is 5.11. The fourth-order valence-electron chi connectivity index (χ4n) is 0.298. The summed E-state index contributed by atoms with van der Waals surface area (Å²) in [5.74, 6) is 0.444. The summed E-state index contributed by atoms with van der Waals surface area (Å²) in [5.41, 5.74) is 0. The summed E-state index contributed by atoms with van der Waals surface area (Å²) in [4.78, 5) is 0. The van der Waals surface area contributed by atoms with Crippen LogP contribution in [-0.2, 0) is 9.47 Å². The van der Waals surface area contributed by atoms with Crippen LogP contribution in [0.15, 0.2) is 12.1 Å². The first-order valence-corrected chi connectivity index (χ1v) is 1.85. The Morgan fingerprint density at radius 3 is 3.14 bits per heavy atom. The minimum absolute atomic E-state index is 0.444.